The topological polar surface area (TPSA) is 92.5 Å². The maximum Gasteiger partial charge on any atom is 0.168 e. The molecule has 0 aliphatic heterocycles. The van der Waals surface area contributed by atoms with Gasteiger partial charge in [0.05, 0.1) is 23.4 Å². The zero-order valence-electron chi connectivity index (χ0n) is 11.0. The zero-order chi connectivity index (χ0) is 13.7. The molecule has 0 amide bonds. The summed E-state index contributed by atoms with van der Waals surface area (Å²) in [5.41, 5.74) is 2.56. The number of aliphatic hydroxyl groups is 1. The van der Waals surface area contributed by atoms with Gasteiger partial charge in [0.2, 0.25) is 0 Å². The van der Waals surface area contributed by atoms with Gasteiger partial charge in [0.15, 0.2) is 11.5 Å². The summed E-state index contributed by atoms with van der Waals surface area (Å²) in [5, 5.41) is 22.2. The number of fused-ring (bicyclic) bond motifs is 2. The fraction of sp³-hybridized carbons (Fsp3) is 0.385. The quantitative estimate of drug-likeness (QED) is 0.693. The van der Waals surface area contributed by atoms with Crippen molar-refractivity contribution >= 4 is 11.0 Å². The van der Waals surface area contributed by atoms with Gasteiger partial charge in [0.25, 0.3) is 0 Å². The minimum atomic E-state index is -0.470. The largest absolute Gasteiger partial charge is 0.387 e. The highest BCUT2D eigenvalue weighted by Gasteiger charge is 2.23. The average molecular weight is 270 g/mol. The van der Waals surface area contributed by atoms with Crippen LogP contribution in [0.4, 0.5) is 0 Å². The normalized spacial score (nSPS) is 18.4. The van der Waals surface area contributed by atoms with Crippen molar-refractivity contribution < 1.29 is 5.11 Å². The van der Waals surface area contributed by atoms with Gasteiger partial charge in [-0.2, -0.15) is 10.2 Å². The SMILES string of the molecule is Cc1nc(-n2cc3c(n2)C(O)CCC3)c2cn[nH]c2n1. The van der Waals surface area contributed by atoms with Crippen LogP contribution in [-0.4, -0.2) is 35.1 Å². The first-order valence-corrected chi connectivity index (χ1v) is 6.67. The lowest BCUT2D eigenvalue weighted by Crippen LogP contribution is -2.08. The highest BCUT2D eigenvalue weighted by molar-refractivity contribution is 5.81. The Labute approximate surface area is 114 Å². The summed E-state index contributed by atoms with van der Waals surface area (Å²) in [7, 11) is 0. The minimum absolute atomic E-state index is 0.470. The van der Waals surface area contributed by atoms with E-state index in [1.807, 2.05) is 13.1 Å². The summed E-state index contributed by atoms with van der Waals surface area (Å²) >= 11 is 0. The third-order valence-electron chi connectivity index (χ3n) is 3.68. The molecule has 3 heterocycles. The van der Waals surface area contributed by atoms with Crippen molar-refractivity contribution in [1.82, 2.24) is 29.9 Å². The van der Waals surface area contributed by atoms with Gasteiger partial charge in [0, 0.05) is 6.20 Å². The number of aryl methyl sites for hydroxylation is 2. The molecule has 0 bridgehead atoms. The molecule has 0 aromatic carbocycles. The molecule has 0 spiro atoms. The third kappa shape index (κ3) is 1.63. The third-order valence-corrected chi connectivity index (χ3v) is 3.68. The molecule has 1 unspecified atom stereocenters. The summed E-state index contributed by atoms with van der Waals surface area (Å²) in [5.74, 6) is 1.36. The summed E-state index contributed by atoms with van der Waals surface area (Å²) in [6.45, 7) is 1.84. The van der Waals surface area contributed by atoms with E-state index in [0.717, 1.165) is 35.9 Å². The van der Waals surface area contributed by atoms with E-state index in [1.165, 1.54) is 0 Å². The number of nitrogens with one attached hydrogen (secondary N) is 1. The number of hydrogen-bond acceptors (Lipinski definition) is 5. The highest BCUT2D eigenvalue weighted by Crippen LogP contribution is 2.29. The molecule has 0 saturated heterocycles. The zero-order valence-corrected chi connectivity index (χ0v) is 11.0. The molecule has 3 aromatic rings. The smallest absolute Gasteiger partial charge is 0.168 e. The van der Waals surface area contributed by atoms with Gasteiger partial charge in [-0.25, -0.2) is 14.6 Å². The number of aromatic amines is 1. The van der Waals surface area contributed by atoms with E-state index in [9.17, 15) is 5.11 Å². The number of H-pyrrole nitrogens is 1. The molecular formula is C13H14N6O. The molecule has 0 saturated carbocycles. The molecule has 4 rings (SSSR count). The Hall–Kier alpha value is -2.28. The highest BCUT2D eigenvalue weighted by atomic mass is 16.3. The van der Waals surface area contributed by atoms with Crippen molar-refractivity contribution in [3.8, 4) is 5.82 Å². The summed E-state index contributed by atoms with van der Waals surface area (Å²) in [6.07, 6.45) is 5.89. The lowest BCUT2D eigenvalue weighted by Gasteiger charge is -2.14. The van der Waals surface area contributed by atoms with E-state index in [0.29, 0.717) is 17.3 Å². The number of aromatic nitrogens is 6. The standard InChI is InChI=1S/C13H14N6O/c1-7-15-12-9(5-14-17-12)13(16-7)19-6-8-3-2-4-10(20)11(8)18-19/h5-6,10,20H,2-4H2,1H3,(H,14,15,16,17). The predicted molar refractivity (Wildman–Crippen MR) is 71.4 cm³/mol. The van der Waals surface area contributed by atoms with Gasteiger partial charge >= 0.3 is 0 Å². The van der Waals surface area contributed by atoms with E-state index in [2.05, 4.69) is 25.3 Å². The van der Waals surface area contributed by atoms with Crippen LogP contribution in [0.1, 0.15) is 36.0 Å². The first-order valence-electron chi connectivity index (χ1n) is 6.67. The first kappa shape index (κ1) is 11.5. The molecule has 0 radical (unpaired) electrons. The Balaban J connectivity index is 1.93. The number of aliphatic hydroxyl groups excluding tert-OH is 1. The van der Waals surface area contributed by atoms with Gasteiger partial charge in [-0.1, -0.05) is 0 Å². The molecule has 7 heteroatoms. The molecule has 20 heavy (non-hydrogen) atoms. The van der Waals surface area contributed by atoms with Crippen LogP contribution in [0, 0.1) is 6.92 Å². The van der Waals surface area contributed by atoms with Gasteiger partial charge in [-0.3, -0.25) is 5.10 Å². The van der Waals surface area contributed by atoms with E-state index in [1.54, 1.807) is 10.9 Å². The summed E-state index contributed by atoms with van der Waals surface area (Å²) in [6, 6.07) is 0. The van der Waals surface area contributed by atoms with Gasteiger partial charge < -0.3 is 5.11 Å². The van der Waals surface area contributed by atoms with Crippen LogP contribution in [0.15, 0.2) is 12.4 Å². The van der Waals surface area contributed by atoms with Crippen LogP contribution >= 0.6 is 0 Å². The predicted octanol–water partition coefficient (Wildman–Crippen LogP) is 1.22. The maximum absolute atomic E-state index is 10.0. The molecule has 3 aromatic heterocycles. The van der Waals surface area contributed by atoms with E-state index >= 15 is 0 Å². The van der Waals surface area contributed by atoms with E-state index in [4.69, 9.17) is 0 Å². The minimum Gasteiger partial charge on any atom is -0.387 e. The Morgan fingerprint density at radius 2 is 2.30 bits per heavy atom. The first-order chi connectivity index (χ1) is 9.72. The van der Waals surface area contributed by atoms with Crippen molar-refractivity contribution in [3.63, 3.8) is 0 Å². The molecule has 0 fully saturated rings. The van der Waals surface area contributed by atoms with Crippen LogP contribution in [0.3, 0.4) is 0 Å². The second kappa shape index (κ2) is 4.11. The van der Waals surface area contributed by atoms with Crippen molar-refractivity contribution in [3.05, 3.63) is 29.5 Å². The second-order valence-electron chi connectivity index (χ2n) is 5.12. The maximum atomic E-state index is 10.0. The van der Waals surface area contributed by atoms with Crippen LogP contribution < -0.4 is 0 Å². The Morgan fingerprint density at radius 3 is 3.15 bits per heavy atom. The van der Waals surface area contributed by atoms with Crippen LogP contribution in [-0.2, 0) is 6.42 Å². The van der Waals surface area contributed by atoms with E-state index in [-0.39, 0.29) is 0 Å². The Morgan fingerprint density at radius 1 is 1.40 bits per heavy atom. The van der Waals surface area contributed by atoms with Gasteiger partial charge in [0.1, 0.15) is 5.82 Å². The van der Waals surface area contributed by atoms with Crippen molar-refractivity contribution in [2.45, 2.75) is 32.3 Å². The molecule has 1 atom stereocenters. The van der Waals surface area contributed by atoms with Crippen LogP contribution in [0.25, 0.3) is 16.9 Å². The van der Waals surface area contributed by atoms with Gasteiger partial charge in [-0.15, -0.1) is 0 Å². The van der Waals surface area contributed by atoms with Crippen LogP contribution in [0.2, 0.25) is 0 Å². The number of nitrogens with zero attached hydrogens (tertiary/aromatic N) is 5. The van der Waals surface area contributed by atoms with Crippen LogP contribution in [0.5, 0.6) is 0 Å². The monoisotopic (exact) mass is 270 g/mol. The van der Waals surface area contributed by atoms with Crippen molar-refractivity contribution in [2.24, 2.45) is 0 Å². The molecular weight excluding hydrogens is 256 g/mol. The molecule has 2 N–H and O–H groups in total. The van der Waals surface area contributed by atoms with E-state index < -0.39 is 6.10 Å². The summed E-state index contributed by atoms with van der Waals surface area (Å²) < 4.78 is 1.73. The lowest BCUT2D eigenvalue weighted by molar-refractivity contribution is 0.151. The number of hydrogen-bond donors (Lipinski definition) is 2. The molecule has 7 nitrogen and oxygen atoms in total. The Kier molecular flexibility index (Phi) is 2.37. The Bertz CT molecular complexity index is 789. The fourth-order valence-corrected chi connectivity index (χ4v) is 2.73. The molecule has 102 valence electrons. The van der Waals surface area contributed by atoms with Crippen molar-refractivity contribution in [2.75, 3.05) is 0 Å². The lowest BCUT2D eigenvalue weighted by atomic mass is 9.96. The second-order valence-corrected chi connectivity index (χ2v) is 5.12. The molecule has 1 aliphatic rings. The van der Waals surface area contributed by atoms with Crippen molar-refractivity contribution in [1.29, 1.82) is 0 Å². The fourth-order valence-electron chi connectivity index (χ4n) is 2.73. The number of rotatable bonds is 1. The average Bonchev–Trinajstić information content (AvgIpc) is 3.04. The summed E-state index contributed by atoms with van der Waals surface area (Å²) in [4.78, 5) is 8.76. The van der Waals surface area contributed by atoms with Gasteiger partial charge in [-0.05, 0) is 31.7 Å². The molecule has 1 aliphatic carbocycles.